The minimum Gasteiger partial charge on any atom is -0.383 e. The maximum absolute atomic E-state index is 12.0. The van der Waals surface area contributed by atoms with Crippen molar-refractivity contribution in [2.24, 2.45) is 5.92 Å². The average Bonchev–Trinajstić information content (AvgIpc) is 2.32. The standard InChI is InChI=1S/C13H22BrN3O/c1-4-5-6-7-15-11-8-16-17(9-10(2)3)13(18)12(11)14/h8,10,15H,4-7,9H2,1-3H3. The van der Waals surface area contributed by atoms with Crippen LogP contribution in [0.25, 0.3) is 0 Å². The molecule has 0 bridgehead atoms. The van der Waals surface area contributed by atoms with Gasteiger partial charge in [0.2, 0.25) is 0 Å². The highest BCUT2D eigenvalue weighted by atomic mass is 79.9. The summed E-state index contributed by atoms with van der Waals surface area (Å²) in [6.45, 7) is 7.83. The van der Waals surface area contributed by atoms with Crippen molar-refractivity contribution in [3.8, 4) is 0 Å². The number of nitrogens with one attached hydrogen (secondary N) is 1. The Morgan fingerprint density at radius 2 is 2.17 bits per heavy atom. The summed E-state index contributed by atoms with van der Waals surface area (Å²) in [7, 11) is 0. The number of unbranched alkanes of at least 4 members (excludes halogenated alkanes) is 2. The van der Waals surface area contributed by atoms with Gasteiger partial charge in [-0.3, -0.25) is 4.79 Å². The Hall–Kier alpha value is -0.840. The molecular weight excluding hydrogens is 294 g/mol. The van der Waals surface area contributed by atoms with Crippen molar-refractivity contribution in [1.82, 2.24) is 9.78 Å². The smallest absolute Gasteiger partial charge is 0.283 e. The Labute approximate surface area is 117 Å². The summed E-state index contributed by atoms with van der Waals surface area (Å²) < 4.78 is 2.08. The zero-order valence-corrected chi connectivity index (χ0v) is 13.0. The van der Waals surface area contributed by atoms with Crippen molar-refractivity contribution in [2.45, 2.75) is 46.6 Å². The minimum atomic E-state index is -0.0656. The van der Waals surface area contributed by atoms with E-state index in [0.717, 1.165) is 18.7 Å². The molecule has 1 N–H and O–H groups in total. The maximum atomic E-state index is 12.0. The lowest BCUT2D eigenvalue weighted by atomic mass is 10.2. The third-order valence-corrected chi connectivity index (χ3v) is 3.39. The fourth-order valence-electron chi connectivity index (χ4n) is 1.66. The number of hydrogen-bond donors (Lipinski definition) is 1. The summed E-state index contributed by atoms with van der Waals surface area (Å²) in [4.78, 5) is 12.0. The summed E-state index contributed by atoms with van der Waals surface area (Å²) >= 11 is 3.35. The van der Waals surface area contributed by atoms with Crippen LogP contribution in [0.15, 0.2) is 15.5 Å². The van der Waals surface area contributed by atoms with Crippen molar-refractivity contribution >= 4 is 21.6 Å². The van der Waals surface area contributed by atoms with Gasteiger partial charge < -0.3 is 5.32 Å². The van der Waals surface area contributed by atoms with Crippen LogP contribution in [0.1, 0.15) is 40.0 Å². The minimum absolute atomic E-state index is 0.0656. The highest BCUT2D eigenvalue weighted by Gasteiger charge is 2.09. The molecule has 0 aliphatic rings. The topological polar surface area (TPSA) is 46.9 Å². The molecule has 0 spiro atoms. The van der Waals surface area contributed by atoms with Gasteiger partial charge in [-0.05, 0) is 28.3 Å². The lowest BCUT2D eigenvalue weighted by Crippen LogP contribution is -2.26. The first-order chi connectivity index (χ1) is 8.56. The molecule has 0 atom stereocenters. The van der Waals surface area contributed by atoms with Crippen LogP contribution >= 0.6 is 15.9 Å². The van der Waals surface area contributed by atoms with E-state index in [2.05, 4.69) is 47.1 Å². The van der Waals surface area contributed by atoms with E-state index < -0.39 is 0 Å². The van der Waals surface area contributed by atoms with Crippen LogP contribution in [0.3, 0.4) is 0 Å². The second-order valence-corrected chi connectivity index (χ2v) is 5.68. The molecule has 0 fully saturated rings. The van der Waals surface area contributed by atoms with Crippen LogP contribution in [0.4, 0.5) is 5.69 Å². The largest absolute Gasteiger partial charge is 0.383 e. The van der Waals surface area contributed by atoms with E-state index in [0.29, 0.717) is 16.9 Å². The van der Waals surface area contributed by atoms with Crippen molar-refractivity contribution in [2.75, 3.05) is 11.9 Å². The predicted molar refractivity (Wildman–Crippen MR) is 79.0 cm³/mol. The Morgan fingerprint density at radius 3 is 2.78 bits per heavy atom. The molecule has 1 heterocycles. The molecule has 0 saturated carbocycles. The van der Waals surface area contributed by atoms with Crippen LogP contribution in [-0.4, -0.2) is 16.3 Å². The second-order valence-electron chi connectivity index (χ2n) is 4.89. The van der Waals surface area contributed by atoms with Gasteiger partial charge in [0.15, 0.2) is 0 Å². The summed E-state index contributed by atoms with van der Waals surface area (Å²) in [5.41, 5.74) is 0.723. The molecular formula is C13H22BrN3O. The van der Waals surface area contributed by atoms with Crippen LogP contribution in [-0.2, 0) is 6.54 Å². The predicted octanol–water partition coefficient (Wildman–Crippen LogP) is 3.26. The summed E-state index contributed by atoms with van der Waals surface area (Å²) in [5, 5.41) is 7.44. The first-order valence-electron chi connectivity index (χ1n) is 6.55. The fourth-order valence-corrected chi connectivity index (χ4v) is 2.11. The lowest BCUT2D eigenvalue weighted by Gasteiger charge is -2.11. The number of nitrogens with zero attached hydrogens (tertiary/aromatic N) is 2. The number of rotatable bonds is 7. The van der Waals surface area contributed by atoms with Crippen molar-refractivity contribution < 1.29 is 0 Å². The van der Waals surface area contributed by atoms with E-state index in [9.17, 15) is 4.79 Å². The summed E-state index contributed by atoms with van der Waals surface area (Å²) in [6, 6.07) is 0. The third kappa shape index (κ3) is 4.44. The Kier molecular flexibility index (Phi) is 6.39. The second kappa shape index (κ2) is 7.56. The zero-order chi connectivity index (χ0) is 13.5. The van der Waals surface area contributed by atoms with E-state index in [4.69, 9.17) is 0 Å². The lowest BCUT2D eigenvalue weighted by molar-refractivity contribution is 0.462. The highest BCUT2D eigenvalue weighted by Crippen LogP contribution is 2.16. The molecule has 0 saturated heterocycles. The van der Waals surface area contributed by atoms with Crippen LogP contribution in [0.2, 0.25) is 0 Å². The van der Waals surface area contributed by atoms with Gasteiger partial charge >= 0.3 is 0 Å². The molecule has 102 valence electrons. The van der Waals surface area contributed by atoms with E-state index in [1.165, 1.54) is 17.5 Å². The first-order valence-corrected chi connectivity index (χ1v) is 7.35. The van der Waals surface area contributed by atoms with Gasteiger partial charge in [0, 0.05) is 13.1 Å². The maximum Gasteiger partial charge on any atom is 0.283 e. The van der Waals surface area contributed by atoms with E-state index in [1.54, 1.807) is 6.20 Å². The Morgan fingerprint density at radius 1 is 1.44 bits per heavy atom. The van der Waals surface area contributed by atoms with Crippen LogP contribution in [0, 0.1) is 5.92 Å². The molecule has 1 aromatic heterocycles. The normalized spacial score (nSPS) is 10.9. The van der Waals surface area contributed by atoms with Gasteiger partial charge in [-0.25, -0.2) is 4.68 Å². The van der Waals surface area contributed by atoms with Gasteiger partial charge in [0.1, 0.15) is 4.47 Å². The molecule has 5 heteroatoms. The number of aromatic nitrogens is 2. The zero-order valence-electron chi connectivity index (χ0n) is 11.4. The van der Waals surface area contributed by atoms with Gasteiger partial charge in [-0.2, -0.15) is 5.10 Å². The van der Waals surface area contributed by atoms with Gasteiger partial charge in [-0.1, -0.05) is 33.6 Å². The number of hydrogen-bond acceptors (Lipinski definition) is 3. The molecule has 0 amide bonds. The van der Waals surface area contributed by atoms with Crippen LogP contribution in [0.5, 0.6) is 0 Å². The average molecular weight is 316 g/mol. The third-order valence-electron chi connectivity index (χ3n) is 2.62. The molecule has 4 nitrogen and oxygen atoms in total. The van der Waals surface area contributed by atoms with E-state index >= 15 is 0 Å². The van der Waals surface area contributed by atoms with Gasteiger partial charge in [0.05, 0.1) is 11.9 Å². The molecule has 0 radical (unpaired) electrons. The van der Waals surface area contributed by atoms with Crippen molar-refractivity contribution in [3.05, 3.63) is 21.0 Å². The highest BCUT2D eigenvalue weighted by molar-refractivity contribution is 9.10. The Balaban J connectivity index is 2.72. The molecule has 0 aliphatic heterocycles. The fraction of sp³-hybridized carbons (Fsp3) is 0.692. The van der Waals surface area contributed by atoms with Gasteiger partial charge in [0.25, 0.3) is 5.56 Å². The van der Waals surface area contributed by atoms with E-state index in [-0.39, 0.29) is 5.56 Å². The SMILES string of the molecule is CCCCCNc1cnn(CC(C)C)c(=O)c1Br. The molecule has 0 aliphatic carbocycles. The molecule has 0 unspecified atom stereocenters. The molecule has 1 rings (SSSR count). The van der Waals surface area contributed by atoms with Crippen molar-refractivity contribution in [3.63, 3.8) is 0 Å². The van der Waals surface area contributed by atoms with Gasteiger partial charge in [-0.15, -0.1) is 0 Å². The monoisotopic (exact) mass is 315 g/mol. The molecule has 1 aromatic rings. The van der Waals surface area contributed by atoms with Crippen molar-refractivity contribution in [1.29, 1.82) is 0 Å². The summed E-state index contributed by atoms with van der Waals surface area (Å²) in [5.74, 6) is 0.408. The molecule has 18 heavy (non-hydrogen) atoms. The molecule has 0 aromatic carbocycles. The number of halogens is 1. The summed E-state index contributed by atoms with van der Waals surface area (Å²) in [6.07, 6.45) is 5.22. The number of anilines is 1. The Bertz CT molecular complexity index is 429. The van der Waals surface area contributed by atoms with Crippen LogP contribution < -0.4 is 10.9 Å². The first kappa shape index (κ1) is 15.2. The van der Waals surface area contributed by atoms with E-state index in [1.807, 2.05) is 0 Å². The quantitative estimate of drug-likeness (QED) is 0.786.